The first-order chi connectivity index (χ1) is 13.4. The maximum absolute atomic E-state index is 12.3. The molecule has 0 radical (unpaired) electrons. The van der Waals surface area contributed by atoms with Crippen molar-refractivity contribution in [3.8, 4) is 0 Å². The molecule has 2 amide bonds. The Balaban J connectivity index is 1.57. The van der Waals surface area contributed by atoms with E-state index in [1.54, 1.807) is 30.1 Å². The fraction of sp³-hybridized carbons (Fsp3) is 0.278. The summed E-state index contributed by atoms with van der Waals surface area (Å²) >= 11 is 2.64. The summed E-state index contributed by atoms with van der Waals surface area (Å²) in [4.78, 5) is 28.6. The van der Waals surface area contributed by atoms with Crippen LogP contribution >= 0.6 is 23.1 Å². The Bertz CT molecular complexity index is 953. The van der Waals surface area contributed by atoms with E-state index in [2.05, 4.69) is 25.8 Å². The summed E-state index contributed by atoms with van der Waals surface area (Å²) in [5.41, 5.74) is 1.86. The molecule has 0 saturated carbocycles. The van der Waals surface area contributed by atoms with Crippen LogP contribution in [-0.2, 0) is 23.1 Å². The lowest BCUT2D eigenvalue weighted by molar-refractivity contribution is -0.116. The highest BCUT2D eigenvalue weighted by Gasteiger charge is 2.20. The maximum atomic E-state index is 12.3. The largest absolute Gasteiger partial charge is 0.326 e. The van der Waals surface area contributed by atoms with Crippen LogP contribution < -0.4 is 10.6 Å². The van der Waals surface area contributed by atoms with E-state index in [4.69, 9.17) is 0 Å². The Morgan fingerprint density at radius 2 is 1.96 bits per heavy atom. The number of rotatable bonds is 7. The summed E-state index contributed by atoms with van der Waals surface area (Å²) in [5, 5.41) is 16.3. The highest BCUT2D eigenvalue weighted by Crippen LogP contribution is 2.23. The third kappa shape index (κ3) is 5.17. The van der Waals surface area contributed by atoms with Crippen LogP contribution in [0.1, 0.15) is 18.3 Å². The molecule has 2 aromatic heterocycles. The average molecular weight is 417 g/mol. The number of nitrogens with zero attached hydrogens (tertiary/aromatic N) is 4. The lowest BCUT2D eigenvalue weighted by Gasteiger charge is -2.10. The van der Waals surface area contributed by atoms with E-state index in [-0.39, 0.29) is 23.5 Å². The van der Waals surface area contributed by atoms with Gasteiger partial charge in [0.15, 0.2) is 10.3 Å². The van der Waals surface area contributed by atoms with E-state index >= 15 is 0 Å². The Kier molecular flexibility index (Phi) is 6.42. The summed E-state index contributed by atoms with van der Waals surface area (Å²) in [6.07, 6.45) is 1.73. The zero-order chi connectivity index (χ0) is 20.1. The number of anilines is 2. The Morgan fingerprint density at radius 3 is 2.64 bits per heavy atom. The van der Waals surface area contributed by atoms with E-state index in [1.807, 2.05) is 31.2 Å². The number of benzene rings is 1. The molecule has 0 aliphatic heterocycles. The molecule has 1 aromatic carbocycles. The van der Waals surface area contributed by atoms with Crippen molar-refractivity contribution >= 4 is 45.7 Å². The maximum Gasteiger partial charge on any atom is 0.239 e. The van der Waals surface area contributed by atoms with Crippen LogP contribution in [-0.4, -0.2) is 36.8 Å². The second-order valence-corrected chi connectivity index (χ2v) is 8.34. The first-order valence-electron chi connectivity index (χ1n) is 8.54. The predicted octanol–water partition coefficient (Wildman–Crippen LogP) is 2.88. The van der Waals surface area contributed by atoms with Gasteiger partial charge >= 0.3 is 0 Å². The molecular weight excluding hydrogens is 396 g/mol. The molecule has 2 N–H and O–H groups in total. The number of nitrogens with one attached hydrogen (secondary N) is 2. The SMILES string of the molecule is Cc1ccc(NC(=O)Cc2nnc(S[C@@H](C)C(=O)Nc3nccs3)n2C)cc1. The van der Waals surface area contributed by atoms with Crippen LogP contribution in [0.25, 0.3) is 0 Å². The molecular formula is C18H20N6O2S2. The summed E-state index contributed by atoms with van der Waals surface area (Å²) in [5.74, 6) is 0.187. The van der Waals surface area contributed by atoms with Gasteiger partial charge in [-0.1, -0.05) is 29.5 Å². The van der Waals surface area contributed by atoms with Crippen LogP contribution in [0.2, 0.25) is 0 Å². The van der Waals surface area contributed by atoms with Crippen LogP contribution in [0, 0.1) is 6.92 Å². The molecule has 8 nitrogen and oxygen atoms in total. The van der Waals surface area contributed by atoms with Gasteiger partial charge in [0, 0.05) is 24.3 Å². The van der Waals surface area contributed by atoms with Gasteiger partial charge in [-0.25, -0.2) is 4.98 Å². The highest BCUT2D eigenvalue weighted by atomic mass is 32.2. The molecule has 3 aromatic rings. The number of thiazole rings is 1. The van der Waals surface area contributed by atoms with Crippen LogP contribution in [0.5, 0.6) is 0 Å². The average Bonchev–Trinajstić information content (AvgIpc) is 3.29. The van der Waals surface area contributed by atoms with Crippen LogP contribution in [0.4, 0.5) is 10.8 Å². The van der Waals surface area contributed by atoms with E-state index in [0.29, 0.717) is 16.1 Å². The topological polar surface area (TPSA) is 102 Å². The van der Waals surface area contributed by atoms with Gasteiger partial charge in [0.05, 0.1) is 11.7 Å². The van der Waals surface area contributed by atoms with Crippen molar-refractivity contribution < 1.29 is 9.59 Å². The number of aromatic nitrogens is 4. The third-order valence-electron chi connectivity index (χ3n) is 3.89. The molecule has 28 heavy (non-hydrogen) atoms. The molecule has 0 aliphatic carbocycles. The lowest BCUT2D eigenvalue weighted by atomic mass is 10.2. The number of hydrogen-bond donors (Lipinski definition) is 2. The summed E-state index contributed by atoms with van der Waals surface area (Å²) in [7, 11) is 1.78. The zero-order valence-electron chi connectivity index (χ0n) is 15.7. The summed E-state index contributed by atoms with van der Waals surface area (Å²) in [6, 6.07) is 7.58. The number of carbonyl (C=O) groups is 2. The van der Waals surface area contributed by atoms with Crippen LogP contribution in [0.15, 0.2) is 41.0 Å². The molecule has 0 spiro atoms. The normalized spacial score (nSPS) is 11.8. The molecule has 0 bridgehead atoms. The van der Waals surface area contributed by atoms with Gasteiger partial charge in [-0.3, -0.25) is 9.59 Å². The van der Waals surface area contributed by atoms with Crippen molar-refractivity contribution in [2.45, 2.75) is 30.7 Å². The number of thioether (sulfide) groups is 1. The fourth-order valence-corrected chi connectivity index (χ4v) is 3.66. The van der Waals surface area contributed by atoms with Gasteiger partial charge in [0.1, 0.15) is 5.82 Å². The smallest absolute Gasteiger partial charge is 0.239 e. The minimum Gasteiger partial charge on any atom is -0.326 e. The molecule has 0 aliphatic rings. The molecule has 146 valence electrons. The summed E-state index contributed by atoms with van der Waals surface area (Å²) in [6.45, 7) is 3.77. The number of hydrogen-bond acceptors (Lipinski definition) is 7. The monoisotopic (exact) mass is 416 g/mol. The van der Waals surface area contributed by atoms with Crippen molar-refractivity contribution in [3.63, 3.8) is 0 Å². The van der Waals surface area contributed by atoms with Gasteiger partial charge in [-0.15, -0.1) is 21.5 Å². The Hall–Kier alpha value is -2.72. The van der Waals surface area contributed by atoms with Gasteiger partial charge in [-0.2, -0.15) is 0 Å². The number of aryl methyl sites for hydroxylation is 1. The van der Waals surface area contributed by atoms with Crippen molar-refractivity contribution in [2.75, 3.05) is 10.6 Å². The second kappa shape index (κ2) is 8.98. The van der Waals surface area contributed by atoms with E-state index in [0.717, 1.165) is 11.3 Å². The van der Waals surface area contributed by atoms with Crippen molar-refractivity contribution in [2.24, 2.45) is 7.05 Å². The molecule has 1 atom stereocenters. The minimum atomic E-state index is -0.388. The number of carbonyl (C=O) groups excluding carboxylic acids is 2. The predicted molar refractivity (Wildman–Crippen MR) is 111 cm³/mol. The highest BCUT2D eigenvalue weighted by molar-refractivity contribution is 8.00. The van der Waals surface area contributed by atoms with Crippen molar-refractivity contribution in [1.82, 2.24) is 19.7 Å². The number of amides is 2. The molecule has 0 unspecified atom stereocenters. The lowest BCUT2D eigenvalue weighted by Crippen LogP contribution is -2.22. The summed E-state index contributed by atoms with van der Waals surface area (Å²) < 4.78 is 1.73. The van der Waals surface area contributed by atoms with Gasteiger partial charge < -0.3 is 15.2 Å². The van der Waals surface area contributed by atoms with Crippen molar-refractivity contribution in [1.29, 1.82) is 0 Å². The zero-order valence-corrected chi connectivity index (χ0v) is 17.3. The second-order valence-electron chi connectivity index (χ2n) is 6.14. The van der Waals surface area contributed by atoms with E-state index in [9.17, 15) is 9.59 Å². The van der Waals surface area contributed by atoms with Gasteiger partial charge in [0.2, 0.25) is 11.8 Å². The first kappa shape index (κ1) is 20.0. The fourth-order valence-electron chi connectivity index (χ4n) is 2.29. The molecule has 3 rings (SSSR count). The van der Waals surface area contributed by atoms with Gasteiger partial charge in [-0.05, 0) is 26.0 Å². The Labute approximate surface area is 170 Å². The third-order valence-corrected chi connectivity index (χ3v) is 5.72. The molecule has 0 fully saturated rings. The van der Waals surface area contributed by atoms with E-state index < -0.39 is 0 Å². The van der Waals surface area contributed by atoms with Crippen LogP contribution in [0.3, 0.4) is 0 Å². The quantitative estimate of drug-likeness (QED) is 0.574. The molecule has 0 saturated heterocycles. The standard InChI is InChI=1S/C18H20N6O2S2/c1-11-4-6-13(7-5-11)20-15(25)10-14-22-23-18(24(14)3)28-12(2)16(26)21-17-19-8-9-27-17/h4-9,12H,10H2,1-3H3,(H,20,25)(H,19,21,26)/t12-/m0/s1. The molecule has 2 heterocycles. The molecule has 10 heteroatoms. The minimum absolute atomic E-state index is 0.0949. The van der Waals surface area contributed by atoms with Crippen molar-refractivity contribution in [3.05, 3.63) is 47.2 Å². The Morgan fingerprint density at radius 1 is 1.21 bits per heavy atom. The first-order valence-corrected chi connectivity index (χ1v) is 10.3. The van der Waals surface area contributed by atoms with Gasteiger partial charge in [0.25, 0.3) is 0 Å². The van der Waals surface area contributed by atoms with E-state index in [1.165, 1.54) is 23.1 Å².